The van der Waals surface area contributed by atoms with Crippen LogP contribution in [0.2, 0.25) is 5.02 Å². The molecule has 1 aromatic carbocycles. The first-order valence-corrected chi connectivity index (χ1v) is 7.33. The van der Waals surface area contributed by atoms with Crippen LogP contribution in [0.25, 0.3) is 0 Å². The molecule has 1 aromatic rings. The second-order valence-corrected chi connectivity index (χ2v) is 5.51. The molecule has 1 aliphatic heterocycles. The lowest BCUT2D eigenvalue weighted by molar-refractivity contribution is -0.141. The van der Waals surface area contributed by atoms with E-state index in [0.717, 1.165) is 5.75 Å². The molecule has 122 valence electrons. The second kappa shape index (κ2) is 8.86. The van der Waals surface area contributed by atoms with Gasteiger partial charge in [0.05, 0.1) is 12.5 Å². The van der Waals surface area contributed by atoms with Crippen LogP contribution >= 0.6 is 24.0 Å². The molecular weight excluding hydrogens is 329 g/mol. The molecule has 1 N–H and O–H groups in total. The molecule has 0 aromatic heterocycles. The van der Waals surface area contributed by atoms with E-state index in [1.54, 1.807) is 29.2 Å². The number of rotatable bonds is 6. The lowest BCUT2D eigenvalue weighted by Gasteiger charge is -2.15. The van der Waals surface area contributed by atoms with Crippen LogP contribution in [0.4, 0.5) is 0 Å². The van der Waals surface area contributed by atoms with Crippen LogP contribution < -0.4 is 4.74 Å². The highest BCUT2D eigenvalue weighted by atomic mass is 35.5. The number of aliphatic carboxylic acids is 1. The number of amides is 1. The summed E-state index contributed by atoms with van der Waals surface area (Å²) in [5, 5.41) is 9.56. The number of nitrogens with zero attached hydrogens (tertiary/aromatic N) is 1. The minimum atomic E-state index is -0.823. The van der Waals surface area contributed by atoms with Crippen molar-refractivity contribution in [3.63, 3.8) is 0 Å². The zero-order valence-electron chi connectivity index (χ0n) is 12.0. The molecule has 5 nitrogen and oxygen atoms in total. The van der Waals surface area contributed by atoms with Gasteiger partial charge in [0, 0.05) is 24.5 Å². The number of carbonyl (C=O) groups is 2. The summed E-state index contributed by atoms with van der Waals surface area (Å²) in [6.07, 6.45) is 1.53. The second-order valence-electron chi connectivity index (χ2n) is 5.07. The summed E-state index contributed by atoms with van der Waals surface area (Å²) in [6, 6.07) is 7.06. The molecule has 1 unspecified atom stereocenters. The zero-order chi connectivity index (χ0) is 15.2. The number of hydrogen-bond donors (Lipinski definition) is 1. The van der Waals surface area contributed by atoms with Crippen molar-refractivity contribution in [1.29, 1.82) is 0 Å². The Kier molecular flexibility index (Phi) is 7.48. The van der Waals surface area contributed by atoms with Crippen LogP contribution in [0.15, 0.2) is 24.3 Å². The normalized spacial score (nSPS) is 17.0. The fourth-order valence-corrected chi connectivity index (χ4v) is 2.42. The predicted molar refractivity (Wildman–Crippen MR) is 85.8 cm³/mol. The van der Waals surface area contributed by atoms with Crippen LogP contribution in [-0.4, -0.2) is 41.6 Å². The fraction of sp³-hybridized carbons (Fsp3) is 0.467. The van der Waals surface area contributed by atoms with E-state index in [2.05, 4.69) is 0 Å². The van der Waals surface area contributed by atoms with Crippen LogP contribution in [0.1, 0.15) is 19.3 Å². The average molecular weight is 348 g/mol. The zero-order valence-corrected chi connectivity index (χ0v) is 13.6. The number of carboxylic acids is 1. The molecule has 1 aliphatic rings. The van der Waals surface area contributed by atoms with Gasteiger partial charge in [0.15, 0.2) is 0 Å². The lowest BCUT2D eigenvalue weighted by atomic mass is 10.1. The Morgan fingerprint density at radius 3 is 2.59 bits per heavy atom. The monoisotopic (exact) mass is 347 g/mol. The topological polar surface area (TPSA) is 66.8 Å². The standard InChI is InChI=1S/C15H18ClNO4.ClH/c16-12-3-5-13(6-4-12)21-9-1-2-14(18)17-8-7-11(10-17)15(19)20;/h3-6,11H,1-2,7-10H2,(H,19,20);1H. The first kappa shape index (κ1) is 18.6. The van der Waals surface area contributed by atoms with Gasteiger partial charge in [-0.3, -0.25) is 9.59 Å². The summed E-state index contributed by atoms with van der Waals surface area (Å²) in [5.74, 6) is -0.520. The third-order valence-electron chi connectivity index (χ3n) is 3.51. The van der Waals surface area contributed by atoms with Crippen LogP contribution in [-0.2, 0) is 9.59 Å². The van der Waals surface area contributed by atoms with Gasteiger partial charge in [-0.1, -0.05) is 11.6 Å². The molecule has 0 saturated carbocycles. The van der Waals surface area contributed by atoms with Crippen molar-refractivity contribution in [2.45, 2.75) is 19.3 Å². The highest BCUT2D eigenvalue weighted by Gasteiger charge is 2.30. The maximum absolute atomic E-state index is 11.9. The maximum atomic E-state index is 11.9. The first-order valence-electron chi connectivity index (χ1n) is 6.95. The number of carbonyl (C=O) groups excluding carboxylic acids is 1. The van der Waals surface area contributed by atoms with E-state index >= 15 is 0 Å². The Labute approximate surface area is 140 Å². The molecule has 1 atom stereocenters. The van der Waals surface area contributed by atoms with Gasteiger partial charge in [0.2, 0.25) is 5.91 Å². The minimum absolute atomic E-state index is 0. The number of halogens is 2. The Hall–Kier alpha value is -1.46. The van der Waals surface area contributed by atoms with Crippen molar-refractivity contribution >= 4 is 35.9 Å². The summed E-state index contributed by atoms with van der Waals surface area (Å²) in [5.41, 5.74) is 0. The van der Waals surface area contributed by atoms with Crippen molar-refractivity contribution in [2.24, 2.45) is 5.92 Å². The minimum Gasteiger partial charge on any atom is -0.494 e. The predicted octanol–water partition coefficient (Wildman–Crippen LogP) is 2.85. The van der Waals surface area contributed by atoms with Crippen molar-refractivity contribution in [2.75, 3.05) is 19.7 Å². The molecule has 22 heavy (non-hydrogen) atoms. The highest BCUT2D eigenvalue weighted by molar-refractivity contribution is 6.30. The van der Waals surface area contributed by atoms with Crippen LogP contribution in [0.3, 0.4) is 0 Å². The van der Waals surface area contributed by atoms with Crippen LogP contribution in [0, 0.1) is 5.92 Å². The SMILES string of the molecule is Cl.O=C(O)C1CCN(C(=O)CCCOc2ccc(Cl)cc2)C1. The quantitative estimate of drug-likeness (QED) is 0.803. The van der Waals surface area contributed by atoms with E-state index in [-0.39, 0.29) is 18.3 Å². The van der Waals surface area contributed by atoms with Gasteiger partial charge in [-0.25, -0.2) is 0 Å². The molecule has 2 rings (SSSR count). The lowest BCUT2D eigenvalue weighted by Crippen LogP contribution is -2.30. The van der Waals surface area contributed by atoms with Crippen molar-refractivity contribution in [1.82, 2.24) is 4.90 Å². The molecule has 1 heterocycles. The summed E-state index contributed by atoms with van der Waals surface area (Å²) < 4.78 is 5.51. The van der Waals surface area contributed by atoms with E-state index in [1.165, 1.54) is 0 Å². The smallest absolute Gasteiger partial charge is 0.308 e. The molecule has 7 heteroatoms. The summed E-state index contributed by atoms with van der Waals surface area (Å²) >= 11 is 5.77. The summed E-state index contributed by atoms with van der Waals surface area (Å²) in [7, 11) is 0. The van der Waals surface area contributed by atoms with E-state index in [0.29, 0.717) is 44.0 Å². The summed E-state index contributed by atoms with van der Waals surface area (Å²) in [4.78, 5) is 24.4. The molecule has 0 spiro atoms. The maximum Gasteiger partial charge on any atom is 0.308 e. The van der Waals surface area contributed by atoms with Crippen molar-refractivity contribution in [3.8, 4) is 5.75 Å². The Balaban J connectivity index is 0.00000242. The van der Waals surface area contributed by atoms with Gasteiger partial charge in [-0.05, 0) is 37.1 Å². The van der Waals surface area contributed by atoms with Gasteiger partial charge < -0.3 is 14.7 Å². The van der Waals surface area contributed by atoms with E-state index in [9.17, 15) is 9.59 Å². The Morgan fingerprint density at radius 1 is 1.32 bits per heavy atom. The van der Waals surface area contributed by atoms with E-state index in [1.807, 2.05) is 0 Å². The number of carboxylic acid groups (broad SMARTS) is 1. The fourth-order valence-electron chi connectivity index (χ4n) is 2.29. The van der Waals surface area contributed by atoms with E-state index in [4.69, 9.17) is 21.4 Å². The average Bonchev–Trinajstić information content (AvgIpc) is 2.95. The number of ether oxygens (including phenoxy) is 1. The van der Waals surface area contributed by atoms with Gasteiger partial charge in [0.1, 0.15) is 5.75 Å². The van der Waals surface area contributed by atoms with E-state index < -0.39 is 11.9 Å². The summed E-state index contributed by atoms with van der Waals surface area (Å²) in [6.45, 7) is 1.31. The Bertz CT molecular complexity index is 507. The van der Waals surface area contributed by atoms with Gasteiger partial charge in [0.25, 0.3) is 0 Å². The molecular formula is C15H19Cl2NO4. The molecule has 1 saturated heterocycles. The molecule has 1 fully saturated rings. The van der Waals surface area contributed by atoms with Crippen molar-refractivity contribution < 1.29 is 19.4 Å². The van der Waals surface area contributed by atoms with Gasteiger partial charge in [-0.2, -0.15) is 0 Å². The third kappa shape index (κ3) is 5.39. The van der Waals surface area contributed by atoms with Crippen LogP contribution in [0.5, 0.6) is 5.75 Å². The van der Waals surface area contributed by atoms with Gasteiger partial charge >= 0.3 is 5.97 Å². The van der Waals surface area contributed by atoms with Crippen molar-refractivity contribution in [3.05, 3.63) is 29.3 Å². The highest BCUT2D eigenvalue weighted by Crippen LogP contribution is 2.18. The van der Waals surface area contributed by atoms with Gasteiger partial charge in [-0.15, -0.1) is 12.4 Å². The molecule has 0 aliphatic carbocycles. The first-order chi connectivity index (χ1) is 10.1. The molecule has 0 bridgehead atoms. The number of likely N-dealkylation sites (tertiary alicyclic amines) is 1. The number of benzene rings is 1. The number of hydrogen-bond acceptors (Lipinski definition) is 3. The third-order valence-corrected chi connectivity index (χ3v) is 3.76. The molecule has 1 amide bonds. The Morgan fingerprint density at radius 2 is 2.00 bits per heavy atom. The largest absolute Gasteiger partial charge is 0.494 e. The molecule has 0 radical (unpaired) electrons.